The van der Waals surface area contributed by atoms with Gasteiger partial charge in [-0.1, -0.05) is 12.8 Å². The molecule has 2 amide bonds. The van der Waals surface area contributed by atoms with Gasteiger partial charge in [-0.15, -0.1) is 0 Å². The van der Waals surface area contributed by atoms with E-state index in [-0.39, 0.29) is 36.9 Å². The Morgan fingerprint density at radius 2 is 1.80 bits per heavy atom. The van der Waals surface area contributed by atoms with Crippen molar-refractivity contribution >= 4 is 21.8 Å². The Bertz CT molecular complexity index is 585. The van der Waals surface area contributed by atoms with Gasteiger partial charge >= 0.3 is 0 Å². The van der Waals surface area contributed by atoms with E-state index in [9.17, 15) is 18.0 Å². The Morgan fingerprint density at radius 1 is 1.16 bits per heavy atom. The van der Waals surface area contributed by atoms with Crippen LogP contribution in [0.3, 0.4) is 0 Å². The summed E-state index contributed by atoms with van der Waals surface area (Å²) in [5.41, 5.74) is 0. The predicted molar refractivity (Wildman–Crippen MR) is 96.4 cm³/mol. The van der Waals surface area contributed by atoms with Crippen LogP contribution in [0.2, 0.25) is 0 Å². The van der Waals surface area contributed by atoms with Crippen LogP contribution in [-0.2, 0) is 19.6 Å². The molecule has 0 radical (unpaired) electrons. The van der Waals surface area contributed by atoms with E-state index in [1.54, 1.807) is 4.90 Å². The molecular weight excluding hydrogens is 342 g/mol. The van der Waals surface area contributed by atoms with Crippen molar-refractivity contribution in [3.63, 3.8) is 0 Å². The van der Waals surface area contributed by atoms with Gasteiger partial charge in [0.05, 0.1) is 11.8 Å². The second-order valence-corrected chi connectivity index (χ2v) is 9.87. The number of sulfonamides is 1. The van der Waals surface area contributed by atoms with Crippen LogP contribution in [0.25, 0.3) is 0 Å². The Kier molecular flexibility index (Phi) is 6.85. The number of nitrogens with one attached hydrogen (secondary N) is 1. The number of amides is 2. The maximum absolute atomic E-state index is 12.8. The van der Waals surface area contributed by atoms with Gasteiger partial charge < -0.3 is 10.2 Å². The minimum atomic E-state index is -3.60. The summed E-state index contributed by atoms with van der Waals surface area (Å²) in [5.74, 6) is -0.135. The number of piperidine rings is 1. The molecule has 2 rings (SSSR count). The molecule has 0 spiro atoms. The SMILES string of the molecule is CC(C)NC(=O)CN(C)S(=O)(=O)C1CCCN(C(=O)C2CCCC2)C1. The molecule has 8 heteroatoms. The van der Waals surface area contributed by atoms with Crippen LogP contribution < -0.4 is 5.32 Å². The zero-order valence-corrected chi connectivity index (χ0v) is 16.3. The van der Waals surface area contributed by atoms with Crippen molar-refractivity contribution in [3.8, 4) is 0 Å². The minimum Gasteiger partial charge on any atom is -0.353 e. The fraction of sp³-hybridized carbons (Fsp3) is 0.882. The molecule has 1 aliphatic heterocycles. The topological polar surface area (TPSA) is 86.8 Å². The molecule has 0 aromatic rings. The molecule has 144 valence electrons. The van der Waals surface area contributed by atoms with Gasteiger partial charge in [-0.2, -0.15) is 4.31 Å². The van der Waals surface area contributed by atoms with Crippen LogP contribution in [0.5, 0.6) is 0 Å². The van der Waals surface area contributed by atoms with Gasteiger partial charge in [0.1, 0.15) is 0 Å². The first-order chi connectivity index (χ1) is 11.7. The smallest absolute Gasteiger partial charge is 0.235 e. The van der Waals surface area contributed by atoms with Gasteiger partial charge in [0.2, 0.25) is 21.8 Å². The lowest BCUT2D eigenvalue weighted by Crippen LogP contribution is -2.51. The summed E-state index contributed by atoms with van der Waals surface area (Å²) in [6.07, 6.45) is 5.23. The van der Waals surface area contributed by atoms with Crippen molar-refractivity contribution in [3.05, 3.63) is 0 Å². The van der Waals surface area contributed by atoms with E-state index in [0.717, 1.165) is 30.0 Å². The largest absolute Gasteiger partial charge is 0.353 e. The lowest BCUT2D eigenvalue weighted by molar-refractivity contribution is -0.136. The fourth-order valence-electron chi connectivity index (χ4n) is 3.73. The van der Waals surface area contributed by atoms with Gasteiger partial charge in [0.15, 0.2) is 0 Å². The number of likely N-dealkylation sites (tertiary alicyclic amines) is 1. The molecule has 0 bridgehead atoms. The normalized spacial score (nSPS) is 22.6. The molecule has 1 N–H and O–H groups in total. The third kappa shape index (κ3) is 5.17. The summed E-state index contributed by atoms with van der Waals surface area (Å²) >= 11 is 0. The predicted octanol–water partition coefficient (Wildman–Crippen LogP) is 0.954. The van der Waals surface area contributed by atoms with E-state index in [1.165, 1.54) is 7.05 Å². The number of rotatable bonds is 6. The quantitative estimate of drug-likeness (QED) is 0.751. The van der Waals surface area contributed by atoms with Crippen molar-refractivity contribution < 1.29 is 18.0 Å². The molecule has 1 heterocycles. The second kappa shape index (κ2) is 8.49. The lowest BCUT2D eigenvalue weighted by atomic mass is 10.0. The van der Waals surface area contributed by atoms with Crippen LogP contribution in [0.15, 0.2) is 0 Å². The summed E-state index contributed by atoms with van der Waals surface area (Å²) in [5, 5.41) is 2.08. The van der Waals surface area contributed by atoms with Crippen LogP contribution in [0.1, 0.15) is 52.4 Å². The molecule has 1 unspecified atom stereocenters. The summed E-state index contributed by atoms with van der Waals surface area (Å²) in [7, 11) is -2.17. The van der Waals surface area contributed by atoms with Gasteiger partial charge in [-0.25, -0.2) is 8.42 Å². The second-order valence-electron chi connectivity index (χ2n) is 7.55. The Balaban J connectivity index is 1.98. The fourth-order valence-corrected chi connectivity index (χ4v) is 5.37. The van der Waals surface area contributed by atoms with Gasteiger partial charge in [-0.3, -0.25) is 9.59 Å². The van der Waals surface area contributed by atoms with E-state index in [0.29, 0.717) is 19.4 Å². The number of carbonyl (C=O) groups excluding carboxylic acids is 2. The molecule has 1 atom stereocenters. The van der Waals surface area contributed by atoms with Crippen LogP contribution in [-0.4, -0.2) is 67.4 Å². The summed E-state index contributed by atoms with van der Waals surface area (Å²) in [6.45, 7) is 4.36. The van der Waals surface area contributed by atoms with Gasteiger partial charge in [0.25, 0.3) is 0 Å². The lowest BCUT2D eigenvalue weighted by Gasteiger charge is -2.35. The molecule has 2 aliphatic rings. The zero-order valence-electron chi connectivity index (χ0n) is 15.5. The third-order valence-corrected chi connectivity index (χ3v) is 7.29. The summed E-state index contributed by atoms with van der Waals surface area (Å²) in [6, 6.07) is -0.0298. The number of likely N-dealkylation sites (N-methyl/N-ethyl adjacent to an activating group) is 1. The number of hydrogen-bond acceptors (Lipinski definition) is 4. The highest BCUT2D eigenvalue weighted by Gasteiger charge is 2.37. The van der Waals surface area contributed by atoms with Crippen LogP contribution >= 0.6 is 0 Å². The molecule has 2 fully saturated rings. The number of nitrogens with zero attached hydrogens (tertiary/aromatic N) is 2. The third-order valence-electron chi connectivity index (χ3n) is 5.07. The average Bonchev–Trinajstić information content (AvgIpc) is 3.07. The molecule has 1 aliphatic carbocycles. The Morgan fingerprint density at radius 3 is 2.40 bits per heavy atom. The van der Waals surface area contributed by atoms with Gasteiger partial charge in [0, 0.05) is 32.1 Å². The van der Waals surface area contributed by atoms with Crippen molar-refractivity contribution in [2.45, 2.75) is 63.7 Å². The molecular formula is C17H31N3O4S. The molecule has 25 heavy (non-hydrogen) atoms. The highest BCUT2D eigenvalue weighted by molar-refractivity contribution is 7.89. The molecule has 1 saturated heterocycles. The van der Waals surface area contributed by atoms with Crippen LogP contribution in [0.4, 0.5) is 0 Å². The average molecular weight is 374 g/mol. The minimum absolute atomic E-state index is 0.0298. The van der Waals surface area contributed by atoms with Crippen molar-refractivity contribution in [1.82, 2.24) is 14.5 Å². The highest BCUT2D eigenvalue weighted by atomic mass is 32.2. The highest BCUT2D eigenvalue weighted by Crippen LogP contribution is 2.28. The summed E-state index contributed by atoms with van der Waals surface area (Å²) in [4.78, 5) is 26.2. The molecule has 7 nitrogen and oxygen atoms in total. The van der Waals surface area contributed by atoms with E-state index < -0.39 is 15.3 Å². The monoisotopic (exact) mass is 373 g/mol. The van der Waals surface area contributed by atoms with Crippen molar-refractivity contribution in [1.29, 1.82) is 0 Å². The van der Waals surface area contributed by atoms with Crippen molar-refractivity contribution in [2.24, 2.45) is 5.92 Å². The maximum Gasteiger partial charge on any atom is 0.235 e. The summed E-state index contributed by atoms with van der Waals surface area (Å²) < 4.78 is 26.7. The first-order valence-corrected chi connectivity index (χ1v) is 10.8. The molecule has 0 aromatic heterocycles. The first-order valence-electron chi connectivity index (χ1n) is 9.25. The maximum atomic E-state index is 12.8. The van der Waals surface area contributed by atoms with Crippen molar-refractivity contribution in [2.75, 3.05) is 26.7 Å². The number of carbonyl (C=O) groups is 2. The van der Waals surface area contributed by atoms with E-state index in [4.69, 9.17) is 0 Å². The van der Waals surface area contributed by atoms with E-state index >= 15 is 0 Å². The van der Waals surface area contributed by atoms with E-state index in [1.807, 2.05) is 13.8 Å². The molecule has 0 aromatic carbocycles. The van der Waals surface area contributed by atoms with Crippen LogP contribution in [0, 0.1) is 5.92 Å². The molecule has 1 saturated carbocycles. The van der Waals surface area contributed by atoms with Gasteiger partial charge in [-0.05, 0) is 39.5 Å². The zero-order chi connectivity index (χ0) is 18.6. The first kappa shape index (κ1) is 20.2. The standard InChI is InChI=1S/C17H31N3O4S/c1-13(2)18-16(21)12-19(3)25(23,24)15-9-6-10-20(11-15)17(22)14-7-4-5-8-14/h13-15H,4-12H2,1-3H3,(H,18,21). The Hall–Kier alpha value is -1.15. The van der Waals surface area contributed by atoms with E-state index in [2.05, 4.69) is 5.32 Å². The Labute approximate surface area is 151 Å². The number of hydrogen-bond donors (Lipinski definition) is 1.